The number of aryl methyl sites for hydroxylation is 2. The van der Waals surface area contributed by atoms with E-state index in [4.69, 9.17) is 5.84 Å². The van der Waals surface area contributed by atoms with E-state index in [1.54, 1.807) is 0 Å². The van der Waals surface area contributed by atoms with E-state index in [2.05, 4.69) is 25.3 Å². The Morgan fingerprint density at radius 2 is 1.88 bits per heavy atom. The molecule has 1 heterocycles. The van der Waals surface area contributed by atoms with Crippen LogP contribution in [-0.2, 0) is 0 Å². The molecule has 1 aliphatic rings. The van der Waals surface area contributed by atoms with E-state index < -0.39 is 0 Å². The van der Waals surface area contributed by atoms with Crippen LogP contribution in [0.4, 0.5) is 0 Å². The average molecular weight is 252 g/mol. The van der Waals surface area contributed by atoms with Crippen molar-refractivity contribution in [2.75, 3.05) is 0 Å². The lowest BCUT2D eigenvalue weighted by Crippen LogP contribution is -2.33. The zero-order valence-corrected chi connectivity index (χ0v) is 11.8. The first-order valence-corrected chi connectivity index (χ1v) is 7.57. The second-order valence-corrected chi connectivity index (χ2v) is 6.57. The van der Waals surface area contributed by atoms with Gasteiger partial charge >= 0.3 is 0 Å². The second-order valence-electron chi connectivity index (χ2n) is 5.28. The van der Waals surface area contributed by atoms with Gasteiger partial charge in [-0.1, -0.05) is 25.7 Å². The normalized spacial score (nSPS) is 20.2. The molecule has 96 valence electrons. The lowest BCUT2D eigenvalue weighted by Gasteiger charge is -2.24. The molecule has 3 heteroatoms. The highest BCUT2D eigenvalue weighted by atomic mass is 32.1. The van der Waals surface area contributed by atoms with Crippen LogP contribution in [-0.4, -0.2) is 0 Å². The molecular formula is C14H24N2S. The third kappa shape index (κ3) is 3.09. The van der Waals surface area contributed by atoms with Crippen molar-refractivity contribution in [1.29, 1.82) is 0 Å². The zero-order chi connectivity index (χ0) is 12.3. The summed E-state index contributed by atoms with van der Waals surface area (Å²) in [5, 5.41) is 0. The molecule has 1 unspecified atom stereocenters. The van der Waals surface area contributed by atoms with E-state index in [1.807, 2.05) is 11.3 Å². The van der Waals surface area contributed by atoms with Gasteiger partial charge in [0.25, 0.3) is 0 Å². The van der Waals surface area contributed by atoms with Crippen LogP contribution in [0.25, 0.3) is 0 Å². The van der Waals surface area contributed by atoms with E-state index in [-0.39, 0.29) is 0 Å². The predicted molar refractivity (Wildman–Crippen MR) is 75.0 cm³/mol. The summed E-state index contributed by atoms with van der Waals surface area (Å²) in [4.78, 5) is 2.85. The summed E-state index contributed by atoms with van der Waals surface area (Å²) in [7, 11) is 0. The maximum Gasteiger partial charge on any atom is 0.0581 e. The summed E-state index contributed by atoms with van der Waals surface area (Å²) in [6.07, 6.45) is 8.18. The number of nitrogens with two attached hydrogens (primary N) is 1. The summed E-state index contributed by atoms with van der Waals surface area (Å²) in [5.41, 5.74) is 4.47. The van der Waals surface area contributed by atoms with Crippen LogP contribution < -0.4 is 11.3 Å². The maximum absolute atomic E-state index is 5.80. The number of hydrazine groups is 1. The molecule has 0 radical (unpaired) electrons. The van der Waals surface area contributed by atoms with Gasteiger partial charge in [0.05, 0.1) is 6.04 Å². The van der Waals surface area contributed by atoms with E-state index in [1.165, 1.54) is 53.8 Å². The Balaban J connectivity index is 2.13. The van der Waals surface area contributed by atoms with Gasteiger partial charge in [0.1, 0.15) is 0 Å². The Hall–Kier alpha value is -0.380. The van der Waals surface area contributed by atoms with Crippen molar-refractivity contribution >= 4 is 11.3 Å². The van der Waals surface area contributed by atoms with E-state index in [0.29, 0.717) is 6.04 Å². The fraction of sp³-hybridized carbons (Fsp3) is 0.714. The Kier molecular flexibility index (Phi) is 4.60. The first-order chi connectivity index (χ1) is 8.22. The number of thiophene rings is 1. The molecule has 0 bridgehead atoms. The van der Waals surface area contributed by atoms with Gasteiger partial charge in [-0.15, -0.1) is 11.3 Å². The molecule has 0 aromatic carbocycles. The SMILES string of the molecule is Cc1cc(C(NN)C2CCCCCC2)sc1C. The minimum atomic E-state index is 0.366. The lowest BCUT2D eigenvalue weighted by atomic mass is 9.91. The number of rotatable bonds is 3. The van der Waals surface area contributed by atoms with Crippen LogP contribution >= 0.6 is 11.3 Å². The largest absolute Gasteiger partial charge is 0.271 e. The molecule has 2 nitrogen and oxygen atoms in total. The van der Waals surface area contributed by atoms with E-state index >= 15 is 0 Å². The third-order valence-corrected chi connectivity index (χ3v) is 5.28. The Morgan fingerprint density at radius 1 is 1.24 bits per heavy atom. The molecule has 0 saturated heterocycles. The maximum atomic E-state index is 5.80. The van der Waals surface area contributed by atoms with Gasteiger partial charge in [-0.3, -0.25) is 11.3 Å². The number of hydrogen-bond donors (Lipinski definition) is 2. The van der Waals surface area contributed by atoms with Crippen molar-refractivity contribution in [3.63, 3.8) is 0 Å². The molecule has 0 aliphatic heterocycles. The van der Waals surface area contributed by atoms with Crippen LogP contribution in [0.5, 0.6) is 0 Å². The number of nitrogens with one attached hydrogen (secondary N) is 1. The Labute approximate surface area is 109 Å². The van der Waals surface area contributed by atoms with Gasteiger partial charge in [-0.2, -0.15) is 0 Å². The predicted octanol–water partition coefficient (Wildman–Crippen LogP) is 3.84. The summed E-state index contributed by atoms with van der Waals surface area (Å²) >= 11 is 1.90. The third-order valence-electron chi connectivity index (χ3n) is 4.04. The smallest absolute Gasteiger partial charge is 0.0581 e. The quantitative estimate of drug-likeness (QED) is 0.487. The molecular weight excluding hydrogens is 228 g/mol. The number of hydrogen-bond acceptors (Lipinski definition) is 3. The molecule has 1 atom stereocenters. The van der Waals surface area contributed by atoms with Crippen molar-refractivity contribution in [3.8, 4) is 0 Å². The standard InChI is InChI=1S/C14H24N2S/c1-10-9-13(17-11(10)2)14(16-15)12-7-5-3-4-6-8-12/h9,12,14,16H,3-8,15H2,1-2H3. The van der Waals surface area contributed by atoms with E-state index in [9.17, 15) is 0 Å². The van der Waals surface area contributed by atoms with Crippen LogP contribution in [0.2, 0.25) is 0 Å². The van der Waals surface area contributed by atoms with Crippen molar-refractivity contribution in [3.05, 3.63) is 21.4 Å². The zero-order valence-electron chi connectivity index (χ0n) is 11.0. The molecule has 0 amide bonds. The first-order valence-electron chi connectivity index (χ1n) is 6.75. The molecule has 2 rings (SSSR count). The minimum Gasteiger partial charge on any atom is -0.271 e. The molecule has 1 fully saturated rings. The van der Waals surface area contributed by atoms with Gasteiger partial charge in [-0.05, 0) is 44.2 Å². The molecule has 1 aliphatic carbocycles. The Bertz CT molecular complexity index is 332. The van der Waals surface area contributed by atoms with Gasteiger partial charge in [-0.25, -0.2) is 0 Å². The van der Waals surface area contributed by atoms with Crippen molar-refractivity contribution in [1.82, 2.24) is 5.43 Å². The molecule has 0 spiro atoms. The lowest BCUT2D eigenvalue weighted by molar-refractivity contribution is 0.333. The molecule has 17 heavy (non-hydrogen) atoms. The van der Waals surface area contributed by atoms with Crippen molar-refractivity contribution < 1.29 is 0 Å². The van der Waals surface area contributed by atoms with Crippen LogP contribution in [0.3, 0.4) is 0 Å². The highest BCUT2D eigenvalue weighted by molar-refractivity contribution is 7.12. The van der Waals surface area contributed by atoms with E-state index in [0.717, 1.165) is 5.92 Å². The van der Waals surface area contributed by atoms with Crippen LogP contribution in [0.1, 0.15) is 59.9 Å². The van der Waals surface area contributed by atoms with Crippen molar-refractivity contribution in [2.24, 2.45) is 11.8 Å². The highest BCUT2D eigenvalue weighted by Gasteiger charge is 2.24. The monoisotopic (exact) mass is 252 g/mol. The van der Waals surface area contributed by atoms with Gasteiger partial charge in [0, 0.05) is 9.75 Å². The minimum absolute atomic E-state index is 0.366. The van der Waals surface area contributed by atoms with Gasteiger partial charge in [0.15, 0.2) is 0 Å². The van der Waals surface area contributed by atoms with Crippen molar-refractivity contribution in [2.45, 2.75) is 58.4 Å². The topological polar surface area (TPSA) is 38.0 Å². The molecule has 3 N–H and O–H groups in total. The van der Waals surface area contributed by atoms with Crippen LogP contribution in [0, 0.1) is 19.8 Å². The summed E-state index contributed by atoms with van der Waals surface area (Å²) in [5.74, 6) is 6.52. The molecule has 1 aromatic rings. The summed E-state index contributed by atoms with van der Waals surface area (Å²) in [6, 6.07) is 2.68. The van der Waals surface area contributed by atoms with Crippen LogP contribution in [0.15, 0.2) is 6.07 Å². The second kappa shape index (κ2) is 5.98. The van der Waals surface area contributed by atoms with Gasteiger partial charge in [0.2, 0.25) is 0 Å². The first kappa shape index (κ1) is 13.1. The Morgan fingerprint density at radius 3 is 2.35 bits per heavy atom. The molecule has 1 saturated carbocycles. The average Bonchev–Trinajstić information content (AvgIpc) is 2.56. The summed E-state index contributed by atoms with van der Waals surface area (Å²) < 4.78 is 0. The van der Waals surface area contributed by atoms with Gasteiger partial charge < -0.3 is 0 Å². The summed E-state index contributed by atoms with van der Waals surface area (Å²) in [6.45, 7) is 4.39. The fourth-order valence-corrected chi connectivity index (χ4v) is 4.05. The molecule has 1 aromatic heterocycles. The fourth-order valence-electron chi connectivity index (χ4n) is 2.85. The highest BCUT2D eigenvalue weighted by Crippen LogP contribution is 2.36.